The molecule has 3 nitrogen and oxygen atoms in total. The molecular formula is C17H13BrF3NO2. The van der Waals surface area contributed by atoms with Gasteiger partial charge in [0.1, 0.15) is 0 Å². The van der Waals surface area contributed by atoms with E-state index in [4.69, 9.17) is 0 Å². The predicted molar refractivity (Wildman–Crippen MR) is 84.0 cm³/mol. The predicted octanol–water partition coefficient (Wildman–Crippen LogP) is 4.17. The first-order chi connectivity index (χ1) is 11.2. The second-order valence-electron chi connectivity index (χ2n) is 6.64. The molecule has 2 fully saturated rings. The lowest BCUT2D eigenvalue weighted by molar-refractivity contribution is -0.138. The number of alkyl halides is 3. The zero-order valence-electron chi connectivity index (χ0n) is 12.6. The molecule has 1 saturated carbocycles. The van der Waals surface area contributed by atoms with E-state index in [1.165, 1.54) is 12.1 Å². The zero-order chi connectivity index (χ0) is 17.4. The highest BCUT2D eigenvalue weighted by Crippen LogP contribution is 2.56. The van der Waals surface area contributed by atoms with Crippen LogP contribution in [0.1, 0.15) is 18.9 Å². The minimum absolute atomic E-state index is 0.00743. The molecule has 126 valence electrons. The van der Waals surface area contributed by atoms with Crippen LogP contribution in [0.5, 0.6) is 0 Å². The molecule has 2 aliphatic carbocycles. The van der Waals surface area contributed by atoms with Gasteiger partial charge in [0.05, 0.1) is 23.1 Å². The Balaban J connectivity index is 1.75. The van der Waals surface area contributed by atoms with Crippen molar-refractivity contribution in [3.63, 3.8) is 0 Å². The van der Waals surface area contributed by atoms with Crippen molar-refractivity contribution in [1.82, 2.24) is 0 Å². The summed E-state index contributed by atoms with van der Waals surface area (Å²) in [4.78, 5) is 26.4. The summed E-state index contributed by atoms with van der Waals surface area (Å²) < 4.78 is 39.2. The molecule has 2 amide bonds. The van der Waals surface area contributed by atoms with E-state index in [-0.39, 0.29) is 33.8 Å². The van der Waals surface area contributed by atoms with Gasteiger partial charge >= 0.3 is 6.18 Å². The number of halogens is 4. The first-order valence-electron chi connectivity index (χ1n) is 7.63. The van der Waals surface area contributed by atoms with Crippen molar-refractivity contribution < 1.29 is 22.8 Å². The molecule has 1 saturated heterocycles. The fourth-order valence-corrected chi connectivity index (χ4v) is 4.87. The summed E-state index contributed by atoms with van der Waals surface area (Å²) in [6, 6.07) is 3.46. The minimum Gasteiger partial charge on any atom is -0.274 e. The van der Waals surface area contributed by atoms with E-state index >= 15 is 0 Å². The molecule has 2 bridgehead atoms. The van der Waals surface area contributed by atoms with Crippen molar-refractivity contribution in [2.24, 2.45) is 23.7 Å². The third-order valence-corrected chi connectivity index (χ3v) is 6.09. The summed E-state index contributed by atoms with van der Waals surface area (Å²) in [6.45, 7) is 1.95. The molecule has 1 aliphatic heterocycles. The summed E-state index contributed by atoms with van der Waals surface area (Å²) in [7, 11) is 0. The topological polar surface area (TPSA) is 37.4 Å². The fourth-order valence-electron chi connectivity index (χ4n) is 4.40. The van der Waals surface area contributed by atoms with Gasteiger partial charge in [-0.15, -0.1) is 0 Å². The Hall–Kier alpha value is -1.63. The molecule has 0 unspecified atom stereocenters. The Bertz CT molecular complexity index is 802. The van der Waals surface area contributed by atoms with E-state index in [2.05, 4.69) is 15.9 Å². The molecule has 1 aromatic carbocycles. The third kappa shape index (κ3) is 2.03. The Morgan fingerprint density at radius 2 is 1.83 bits per heavy atom. The van der Waals surface area contributed by atoms with Gasteiger partial charge in [0.25, 0.3) is 0 Å². The van der Waals surface area contributed by atoms with Crippen LogP contribution in [0.3, 0.4) is 0 Å². The summed E-state index contributed by atoms with van der Waals surface area (Å²) >= 11 is 2.87. The van der Waals surface area contributed by atoms with Crippen LogP contribution >= 0.6 is 15.9 Å². The normalized spacial score (nSPS) is 31.7. The highest BCUT2D eigenvalue weighted by molar-refractivity contribution is 9.10. The standard InChI is InChI=1S/C17H13BrF3NO2/c1-7-4-8-5-10(7)14-13(8)15(23)22(16(14)24)9-2-3-12(18)11(6-9)17(19,20)21/h2-4,6,8,10,13-14H,5H2,1H3/t8-,10-,13-,14+/m0/s1. The van der Waals surface area contributed by atoms with Crippen molar-refractivity contribution in [2.45, 2.75) is 19.5 Å². The van der Waals surface area contributed by atoms with Crippen LogP contribution in [-0.4, -0.2) is 11.8 Å². The average molecular weight is 400 g/mol. The number of anilines is 1. The smallest absolute Gasteiger partial charge is 0.274 e. The SMILES string of the molecule is CC1=C[C@H]2C[C@@H]1[C@H]1C(=O)N(c3ccc(Br)c(C(F)(F)F)c3)C(=O)[C@H]12. The van der Waals surface area contributed by atoms with Gasteiger partial charge in [0.15, 0.2) is 0 Å². The monoisotopic (exact) mass is 399 g/mol. The molecule has 24 heavy (non-hydrogen) atoms. The second kappa shape index (κ2) is 4.94. The second-order valence-corrected chi connectivity index (χ2v) is 7.50. The number of hydrogen-bond acceptors (Lipinski definition) is 2. The summed E-state index contributed by atoms with van der Waals surface area (Å²) in [5, 5.41) is 0. The number of rotatable bonds is 1. The molecule has 4 atom stereocenters. The summed E-state index contributed by atoms with van der Waals surface area (Å²) in [5.41, 5.74) is 0.206. The van der Waals surface area contributed by atoms with E-state index < -0.39 is 23.6 Å². The summed E-state index contributed by atoms with van der Waals surface area (Å²) in [5.74, 6) is -1.54. The number of hydrogen-bond donors (Lipinski definition) is 0. The van der Waals surface area contributed by atoms with Crippen LogP contribution in [-0.2, 0) is 15.8 Å². The van der Waals surface area contributed by atoms with Gasteiger partial charge in [-0.1, -0.05) is 27.6 Å². The molecule has 1 heterocycles. The average Bonchev–Trinajstić information content (AvgIpc) is 3.10. The summed E-state index contributed by atoms with van der Waals surface area (Å²) in [6.07, 6.45) is -1.74. The number of carbonyl (C=O) groups excluding carboxylic acids is 2. The fraction of sp³-hybridized carbons (Fsp3) is 0.412. The third-order valence-electron chi connectivity index (χ3n) is 5.39. The largest absolute Gasteiger partial charge is 0.417 e. The van der Waals surface area contributed by atoms with Gasteiger partial charge in [0.2, 0.25) is 11.8 Å². The maximum atomic E-state index is 13.1. The Labute approximate surface area is 144 Å². The van der Waals surface area contributed by atoms with Crippen molar-refractivity contribution in [1.29, 1.82) is 0 Å². The highest BCUT2D eigenvalue weighted by Gasteiger charge is 2.61. The lowest BCUT2D eigenvalue weighted by atomic mass is 9.82. The molecule has 0 aromatic heterocycles. The first kappa shape index (κ1) is 15.9. The number of amides is 2. The Kier molecular flexibility index (Phi) is 3.27. The van der Waals surface area contributed by atoms with Gasteiger partial charge in [-0.2, -0.15) is 13.2 Å². The molecule has 7 heteroatoms. The Morgan fingerprint density at radius 1 is 1.17 bits per heavy atom. The van der Waals surface area contributed by atoms with E-state index in [0.717, 1.165) is 23.0 Å². The molecule has 0 spiro atoms. The molecule has 3 aliphatic rings. The number of benzene rings is 1. The molecular weight excluding hydrogens is 387 g/mol. The van der Waals surface area contributed by atoms with E-state index in [1.807, 2.05) is 13.0 Å². The maximum Gasteiger partial charge on any atom is 0.417 e. The molecule has 1 aromatic rings. The Morgan fingerprint density at radius 3 is 2.50 bits per heavy atom. The van der Waals surface area contributed by atoms with Crippen LogP contribution in [0.25, 0.3) is 0 Å². The number of imide groups is 1. The number of nitrogens with zero attached hydrogens (tertiary/aromatic N) is 1. The van der Waals surface area contributed by atoms with Gasteiger partial charge in [-0.05, 0) is 43.4 Å². The quantitative estimate of drug-likeness (QED) is 0.524. The molecule has 0 radical (unpaired) electrons. The van der Waals surface area contributed by atoms with E-state index in [0.29, 0.717) is 0 Å². The maximum absolute atomic E-state index is 13.1. The highest BCUT2D eigenvalue weighted by atomic mass is 79.9. The van der Waals surface area contributed by atoms with Gasteiger partial charge in [-0.3, -0.25) is 14.5 Å². The lowest BCUT2D eigenvalue weighted by Crippen LogP contribution is -2.33. The van der Waals surface area contributed by atoms with Crippen molar-refractivity contribution >= 4 is 33.4 Å². The van der Waals surface area contributed by atoms with Gasteiger partial charge in [-0.25, -0.2) is 0 Å². The van der Waals surface area contributed by atoms with Gasteiger partial charge < -0.3 is 0 Å². The van der Waals surface area contributed by atoms with Crippen molar-refractivity contribution in [3.05, 3.63) is 39.9 Å². The van der Waals surface area contributed by atoms with Crippen LogP contribution < -0.4 is 4.90 Å². The number of allylic oxidation sites excluding steroid dienone is 2. The molecule has 4 rings (SSSR count). The van der Waals surface area contributed by atoms with Crippen LogP contribution in [0.15, 0.2) is 34.3 Å². The van der Waals surface area contributed by atoms with Crippen molar-refractivity contribution in [2.75, 3.05) is 4.90 Å². The first-order valence-corrected chi connectivity index (χ1v) is 8.42. The molecule has 0 N–H and O–H groups in total. The van der Waals surface area contributed by atoms with Gasteiger partial charge in [0, 0.05) is 4.47 Å². The zero-order valence-corrected chi connectivity index (χ0v) is 14.2. The van der Waals surface area contributed by atoms with E-state index in [9.17, 15) is 22.8 Å². The van der Waals surface area contributed by atoms with Crippen LogP contribution in [0.2, 0.25) is 0 Å². The number of carbonyl (C=O) groups is 2. The minimum atomic E-state index is -4.56. The van der Waals surface area contributed by atoms with Crippen LogP contribution in [0, 0.1) is 23.7 Å². The number of fused-ring (bicyclic) bond motifs is 5. The van der Waals surface area contributed by atoms with Crippen LogP contribution in [0.4, 0.5) is 18.9 Å². The lowest BCUT2D eigenvalue weighted by Gasteiger charge is -2.20. The van der Waals surface area contributed by atoms with Crippen molar-refractivity contribution in [3.8, 4) is 0 Å². The van der Waals surface area contributed by atoms with E-state index in [1.54, 1.807) is 0 Å².